The summed E-state index contributed by atoms with van der Waals surface area (Å²) in [6.07, 6.45) is -0.890. The summed E-state index contributed by atoms with van der Waals surface area (Å²) in [5.41, 5.74) is -1.82. The van der Waals surface area contributed by atoms with Gasteiger partial charge < -0.3 is 14.4 Å². The number of nitrogens with zero attached hydrogens (tertiary/aromatic N) is 1. The van der Waals surface area contributed by atoms with Crippen molar-refractivity contribution in [2.24, 2.45) is 0 Å². The number of H-pyrrole nitrogens is 1. The van der Waals surface area contributed by atoms with Gasteiger partial charge in [0.05, 0.1) is 12.6 Å². The lowest BCUT2D eigenvalue weighted by Gasteiger charge is -2.25. The minimum absolute atomic E-state index is 0.00258. The Hall–Kier alpha value is -2.28. The molecule has 39 heavy (non-hydrogen) atoms. The van der Waals surface area contributed by atoms with Crippen LogP contribution in [0.2, 0.25) is 0 Å². The number of rotatable bonds is 10. The molecule has 0 amide bonds. The first-order valence-corrected chi connectivity index (χ1v) is 15.1. The van der Waals surface area contributed by atoms with Crippen LogP contribution in [0.1, 0.15) is 51.5 Å². The highest BCUT2D eigenvalue weighted by Gasteiger charge is 2.56. The van der Waals surface area contributed by atoms with E-state index in [1.807, 2.05) is 24.9 Å². The maximum atomic E-state index is 15.6. The number of ether oxygens (including phenoxy) is 1. The largest absolute Gasteiger partial charge is 0.459 e. The van der Waals surface area contributed by atoms with Crippen LogP contribution in [0.25, 0.3) is 0 Å². The quantitative estimate of drug-likeness (QED) is 0.356. The second-order valence-corrected chi connectivity index (χ2v) is 13.4. The molecule has 0 radical (unpaired) electrons. The monoisotopic (exact) mass is 585 g/mol. The van der Waals surface area contributed by atoms with Crippen LogP contribution < -0.4 is 20.9 Å². The number of aliphatic hydroxyl groups is 1. The molecule has 2 aliphatic rings. The fourth-order valence-corrected chi connectivity index (χ4v) is 6.91. The maximum absolute atomic E-state index is 15.6. The lowest BCUT2D eigenvalue weighted by molar-refractivity contribution is -0.112. The number of benzene rings is 1. The average molecular weight is 586 g/mol. The number of aromatic nitrogens is 2. The van der Waals surface area contributed by atoms with Gasteiger partial charge in [-0.3, -0.25) is 23.7 Å². The van der Waals surface area contributed by atoms with Crippen molar-refractivity contribution in [3.05, 3.63) is 62.4 Å². The maximum Gasteiger partial charge on any atom is 0.459 e. The molecular weight excluding hydrogens is 552 g/mol. The normalized spacial score (nSPS) is 26.8. The zero-order chi connectivity index (χ0) is 28.5. The van der Waals surface area contributed by atoms with Crippen LogP contribution >= 0.6 is 19.5 Å². The van der Waals surface area contributed by atoms with Crippen LogP contribution in [-0.4, -0.2) is 55.5 Å². The summed E-state index contributed by atoms with van der Waals surface area (Å²) in [7, 11) is -4.26. The van der Waals surface area contributed by atoms with Crippen LogP contribution in [-0.2, 0) is 31.5 Å². The number of hydrogen-bond acceptors (Lipinski definition) is 9. The minimum atomic E-state index is -4.26. The first-order valence-electron chi connectivity index (χ1n) is 12.7. The predicted molar refractivity (Wildman–Crippen MR) is 144 cm³/mol. The Kier molecular flexibility index (Phi) is 8.89. The standard InChI is InChI=1S/C25H33FN3O8PS/c1-14(2)39-22(32)15(3)28-38(34,37-18-9-8-16-6-5-7-17(16)12-18)35-13-19-21(31)25(4,26)23(36-19)29-11-10-20(30)27-24(29)33/h8-12,14-15,19,21,23,31H,5-7,13H2,1-4H3,(H,28,34)(H,27,30,33)/t15-,19+,21+,23+,25+,38-/m0/s1. The number of aromatic amines is 1. The number of fused-ring (bicyclic) bond motifs is 1. The second-order valence-electron chi connectivity index (χ2n) is 10.1. The molecular formula is C25H33FN3O8PS. The van der Waals surface area contributed by atoms with E-state index in [0.29, 0.717) is 0 Å². The summed E-state index contributed by atoms with van der Waals surface area (Å²) in [6.45, 7) is 5.68. The van der Waals surface area contributed by atoms with Crippen molar-refractivity contribution < 1.29 is 32.6 Å². The molecule has 3 N–H and O–H groups in total. The number of halogens is 1. The zero-order valence-electron chi connectivity index (χ0n) is 22.1. The summed E-state index contributed by atoms with van der Waals surface area (Å²) >= 11 is 1.06. The number of hydrogen-bond donors (Lipinski definition) is 3. The molecule has 11 nitrogen and oxygen atoms in total. The number of carbonyl (C=O) groups excluding carboxylic acids is 1. The van der Waals surface area contributed by atoms with E-state index in [4.69, 9.17) is 13.8 Å². The van der Waals surface area contributed by atoms with Crippen molar-refractivity contribution >= 4 is 24.6 Å². The Labute approximate surface area is 229 Å². The van der Waals surface area contributed by atoms with Gasteiger partial charge in [0, 0.05) is 17.5 Å². The van der Waals surface area contributed by atoms with Gasteiger partial charge in [-0.1, -0.05) is 31.7 Å². The van der Waals surface area contributed by atoms with Crippen molar-refractivity contribution in [3.8, 4) is 5.75 Å². The Morgan fingerprint density at radius 2 is 2.03 bits per heavy atom. The highest BCUT2D eigenvalue weighted by atomic mass is 32.2. The highest BCUT2D eigenvalue weighted by molar-refractivity contribution is 8.14. The van der Waals surface area contributed by atoms with Crippen LogP contribution in [0.3, 0.4) is 0 Å². The van der Waals surface area contributed by atoms with Gasteiger partial charge in [0.2, 0.25) is 5.12 Å². The molecule has 4 rings (SSSR count). The molecule has 0 spiro atoms. The number of nitrogens with one attached hydrogen (secondary N) is 2. The van der Waals surface area contributed by atoms with Crippen molar-refractivity contribution in [3.63, 3.8) is 0 Å². The number of carbonyl (C=O) groups is 1. The van der Waals surface area contributed by atoms with E-state index in [0.717, 1.165) is 60.3 Å². The van der Waals surface area contributed by atoms with Gasteiger partial charge in [-0.25, -0.2) is 18.8 Å². The molecule has 2 heterocycles. The molecule has 214 valence electrons. The lowest BCUT2D eigenvalue weighted by Crippen LogP contribution is -2.43. The Morgan fingerprint density at radius 3 is 2.72 bits per heavy atom. The van der Waals surface area contributed by atoms with Gasteiger partial charge in [0.15, 0.2) is 11.9 Å². The third-order valence-electron chi connectivity index (χ3n) is 6.58. The molecule has 0 unspecified atom stereocenters. The number of thioether (sulfide) groups is 1. The molecule has 1 saturated heterocycles. The van der Waals surface area contributed by atoms with E-state index in [1.165, 1.54) is 12.5 Å². The van der Waals surface area contributed by atoms with Crippen LogP contribution in [0.15, 0.2) is 40.1 Å². The van der Waals surface area contributed by atoms with E-state index in [-0.39, 0.29) is 16.1 Å². The molecule has 1 aromatic heterocycles. The third-order valence-corrected chi connectivity index (χ3v) is 9.28. The SMILES string of the molecule is CC(C)SC(=O)[C@H](C)N[P@](=O)(OC[C@H]1O[C@@H](n2ccc(=O)[nH]c2=O)[C@](C)(F)[C@@H]1O)Oc1ccc2c(c1)CCC2. The molecule has 1 fully saturated rings. The molecule has 0 bridgehead atoms. The van der Waals surface area contributed by atoms with Gasteiger partial charge >= 0.3 is 13.4 Å². The summed E-state index contributed by atoms with van der Waals surface area (Å²) in [4.78, 5) is 38.2. The third kappa shape index (κ3) is 6.72. The number of aliphatic hydroxyl groups excluding tert-OH is 1. The highest BCUT2D eigenvalue weighted by Crippen LogP contribution is 2.48. The molecule has 1 aromatic carbocycles. The molecule has 2 aromatic rings. The summed E-state index contributed by atoms with van der Waals surface area (Å²) in [5, 5.41) is 13.0. The number of aryl methyl sites for hydroxylation is 2. The summed E-state index contributed by atoms with van der Waals surface area (Å²) < 4.78 is 47.3. The summed E-state index contributed by atoms with van der Waals surface area (Å²) in [5.74, 6) is 0.267. The van der Waals surface area contributed by atoms with E-state index in [1.54, 1.807) is 12.1 Å². The van der Waals surface area contributed by atoms with E-state index < -0.39 is 55.7 Å². The van der Waals surface area contributed by atoms with Crippen LogP contribution in [0.5, 0.6) is 5.75 Å². The van der Waals surface area contributed by atoms with Gasteiger partial charge in [-0.05, 0) is 56.4 Å². The smallest absolute Gasteiger partial charge is 0.413 e. The molecule has 1 aliphatic carbocycles. The number of alkyl halides is 1. The van der Waals surface area contributed by atoms with E-state index in [9.17, 15) is 24.1 Å². The Balaban J connectivity index is 1.54. The summed E-state index contributed by atoms with van der Waals surface area (Å²) in [6, 6.07) is 5.41. The average Bonchev–Trinajstić information content (AvgIpc) is 3.39. The lowest BCUT2D eigenvalue weighted by atomic mass is 9.98. The Bertz CT molecular complexity index is 1380. The van der Waals surface area contributed by atoms with Crippen molar-refractivity contribution in [2.75, 3.05) is 6.61 Å². The fourth-order valence-electron chi connectivity index (χ4n) is 4.59. The van der Waals surface area contributed by atoms with Crippen molar-refractivity contribution in [1.82, 2.24) is 14.6 Å². The van der Waals surface area contributed by atoms with Crippen molar-refractivity contribution in [2.45, 2.75) is 82.4 Å². The van der Waals surface area contributed by atoms with Gasteiger partial charge in [-0.2, -0.15) is 0 Å². The van der Waals surface area contributed by atoms with Crippen LogP contribution in [0.4, 0.5) is 4.39 Å². The molecule has 1 aliphatic heterocycles. The second kappa shape index (κ2) is 11.7. The molecule has 14 heteroatoms. The predicted octanol–water partition coefficient (Wildman–Crippen LogP) is 2.86. The van der Waals surface area contributed by atoms with Crippen molar-refractivity contribution in [1.29, 1.82) is 0 Å². The first-order chi connectivity index (χ1) is 18.3. The van der Waals surface area contributed by atoms with Gasteiger partial charge in [0.1, 0.15) is 18.0 Å². The fraction of sp³-hybridized carbons (Fsp3) is 0.560. The van der Waals surface area contributed by atoms with Gasteiger partial charge in [0.25, 0.3) is 5.56 Å². The minimum Gasteiger partial charge on any atom is -0.413 e. The molecule has 6 atom stereocenters. The first kappa shape index (κ1) is 29.7. The Morgan fingerprint density at radius 1 is 1.31 bits per heavy atom. The van der Waals surface area contributed by atoms with E-state index >= 15 is 4.39 Å². The topological polar surface area (TPSA) is 149 Å². The van der Waals surface area contributed by atoms with Crippen LogP contribution in [0, 0.1) is 0 Å². The van der Waals surface area contributed by atoms with Gasteiger partial charge in [-0.15, -0.1) is 0 Å². The van der Waals surface area contributed by atoms with E-state index in [2.05, 4.69) is 5.09 Å². The molecule has 0 saturated carbocycles. The zero-order valence-corrected chi connectivity index (χ0v) is 23.8.